The maximum Gasteiger partial charge on any atom is 0.216 e. The Morgan fingerprint density at radius 1 is 1.26 bits per heavy atom. The third-order valence-electron chi connectivity index (χ3n) is 3.09. The van der Waals surface area contributed by atoms with Gasteiger partial charge in [0.25, 0.3) is 0 Å². The van der Waals surface area contributed by atoms with Crippen molar-refractivity contribution in [1.29, 1.82) is 0 Å². The van der Waals surface area contributed by atoms with E-state index in [9.17, 15) is 0 Å². The van der Waals surface area contributed by atoms with E-state index >= 15 is 0 Å². The molecule has 2 aromatic heterocycles. The smallest absolute Gasteiger partial charge is 0.216 e. The van der Waals surface area contributed by atoms with Gasteiger partial charge in [0.2, 0.25) is 5.88 Å². The predicted molar refractivity (Wildman–Crippen MR) is 74.0 cm³/mol. The van der Waals surface area contributed by atoms with E-state index in [1.54, 1.807) is 11.8 Å². The number of hydrogen-bond acceptors (Lipinski definition) is 4. The quantitative estimate of drug-likeness (QED) is 0.889. The molecule has 0 saturated carbocycles. The summed E-state index contributed by atoms with van der Waals surface area (Å²) >= 11 is 0. The van der Waals surface area contributed by atoms with Gasteiger partial charge in [-0.05, 0) is 25.5 Å². The van der Waals surface area contributed by atoms with E-state index in [1.165, 1.54) is 5.56 Å². The first kappa shape index (κ1) is 13.5. The standard InChI is InChI=1S/C14H20N4O/c1-10-5-6-12(8-16-10)7-15-9-13-11(2)17-18(3)14(13)19-4/h5-6,8,15H,7,9H2,1-4H3. The van der Waals surface area contributed by atoms with Crippen LogP contribution in [0.5, 0.6) is 5.88 Å². The van der Waals surface area contributed by atoms with Crippen LogP contribution in [0.25, 0.3) is 0 Å². The minimum Gasteiger partial charge on any atom is -0.481 e. The highest BCUT2D eigenvalue weighted by Crippen LogP contribution is 2.20. The Balaban J connectivity index is 1.97. The van der Waals surface area contributed by atoms with Gasteiger partial charge in [0.1, 0.15) is 0 Å². The van der Waals surface area contributed by atoms with Gasteiger partial charge in [-0.2, -0.15) is 5.10 Å². The highest BCUT2D eigenvalue weighted by atomic mass is 16.5. The summed E-state index contributed by atoms with van der Waals surface area (Å²) in [5.41, 5.74) is 4.30. The summed E-state index contributed by atoms with van der Waals surface area (Å²) in [5, 5.41) is 7.75. The van der Waals surface area contributed by atoms with E-state index in [1.807, 2.05) is 33.2 Å². The molecule has 0 aliphatic carbocycles. The highest BCUT2D eigenvalue weighted by Gasteiger charge is 2.12. The number of rotatable bonds is 5. The van der Waals surface area contributed by atoms with E-state index in [0.29, 0.717) is 0 Å². The maximum absolute atomic E-state index is 5.36. The van der Waals surface area contributed by atoms with Gasteiger partial charge in [0.05, 0.1) is 18.4 Å². The summed E-state index contributed by atoms with van der Waals surface area (Å²) < 4.78 is 7.13. The van der Waals surface area contributed by atoms with Gasteiger partial charge in [0.15, 0.2) is 0 Å². The van der Waals surface area contributed by atoms with Gasteiger partial charge in [0, 0.05) is 32.0 Å². The Labute approximate surface area is 113 Å². The van der Waals surface area contributed by atoms with Crippen molar-refractivity contribution in [2.24, 2.45) is 7.05 Å². The average molecular weight is 260 g/mol. The molecule has 0 spiro atoms. The Hall–Kier alpha value is -1.88. The Bertz CT molecular complexity index is 545. The number of pyridine rings is 1. The van der Waals surface area contributed by atoms with Crippen LogP contribution in [0, 0.1) is 13.8 Å². The molecule has 0 fully saturated rings. The maximum atomic E-state index is 5.36. The van der Waals surface area contributed by atoms with Crippen LogP contribution in [-0.4, -0.2) is 21.9 Å². The van der Waals surface area contributed by atoms with Crippen molar-refractivity contribution < 1.29 is 4.74 Å². The van der Waals surface area contributed by atoms with Crippen LogP contribution in [0.4, 0.5) is 0 Å². The van der Waals surface area contributed by atoms with E-state index in [0.717, 1.165) is 35.9 Å². The number of methoxy groups -OCH3 is 1. The zero-order chi connectivity index (χ0) is 13.8. The summed E-state index contributed by atoms with van der Waals surface area (Å²) in [6, 6.07) is 4.11. The molecule has 2 aromatic rings. The molecule has 5 heteroatoms. The van der Waals surface area contributed by atoms with Crippen molar-refractivity contribution in [1.82, 2.24) is 20.1 Å². The fourth-order valence-corrected chi connectivity index (χ4v) is 2.07. The Kier molecular flexibility index (Phi) is 4.16. The molecule has 102 valence electrons. The Morgan fingerprint density at radius 3 is 2.68 bits per heavy atom. The molecule has 0 saturated heterocycles. The summed E-state index contributed by atoms with van der Waals surface area (Å²) in [4.78, 5) is 4.28. The molecule has 1 N–H and O–H groups in total. The molecule has 2 rings (SSSR count). The second-order valence-electron chi connectivity index (χ2n) is 4.61. The molecule has 5 nitrogen and oxygen atoms in total. The van der Waals surface area contributed by atoms with Crippen molar-refractivity contribution in [3.63, 3.8) is 0 Å². The van der Waals surface area contributed by atoms with Gasteiger partial charge in [-0.1, -0.05) is 6.07 Å². The van der Waals surface area contributed by atoms with E-state index in [4.69, 9.17) is 4.74 Å². The number of ether oxygens (including phenoxy) is 1. The third-order valence-corrected chi connectivity index (χ3v) is 3.09. The molecule has 0 radical (unpaired) electrons. The van der Waals surface area contributed by atoms with Crippen LogP contribution in [-0.2, 0) is 20.1 Å². The second kappa shape index (κ2) is 5.84. The van der Waals surface area contributed by atoms with E-state index < -0.39 is 0 Å². The van der Waals surface area contributed by atoms with Gasteiger partial charge in [-0.15, -0.1) is 0 Å². The van der Waals surface area contributed by atoms with Crippen molar-refractivity contribution in [2.75, 3.05) is 7.11 Å². The summed E-state index contributed by atoms with van der Waals surface area (Å²) in [7, 11) is 3.56. The summed E-state index contributed by atoms with van der Waals surface area (Å²) in [6.45, 7) is 5.50. The van der Waals surface area contributed by atoms with Crippen LogP contribution < -0.4 is 10.1 Å². The molecular formula is C14H20N4O. The van der Waals surface area contributed by atoms with Crippen LogP contribution in [0.15, 0.2) is 18.3 Å². The van der Waals surface area contributed by atoms with Crippen LogP contribution in [0.3, 0.4) is 0 Å². The molecule has 19 heavy (non-hydrogen) atoms. The van der Waals surface area contributed by atoms with Crippen molar-refractivity contribution >= 4 is 0 Å². The monoisotopic (exact) mass is 260 g/mol. The minimum absolute atomic E-state index is 0.733. The molecule has 0 aromatic carbocycles. The number of hydrogen-bond donors (Lipinski definition) is 1. The zero-order valence-corrected chi connectivity index (χ0v) is 11.9. The lowest BCUT2D eigenvalue weighted by Crippen LogP contribution is -2.14. The lowest BCUT2D eigenvalue weighted by Gasteiger charge is -2.07. The van der Waals surface area contributed by atoms with Crippen molar-refractivity contribution in [2.45, 2.75) is 26.9 Å². The molecule has 0 aliphatic heterocycles. The zero-order valence-electron chi connectivity index (χ0n) is 11.9. The van der Waals surface area contributed by atoms with Gasteiger partial charge in [-0.25, -0.2) is 4.68 Å². The lowest BCUT2D eigenvalue weighted by molar-refractivity contribution is 0.368. The third kappa shape index (κ3) is 3.12. The van der Waals surface area contributed by atoms with E-state index in [-0.39, 0.29) is 0 Å². The summed E-state index contributed by atoms with van der Waals surface area (Å²) in [5.74, 6) is 0.812. The molecular weight excluding hydrogens is 240 g/mol. The van der Waals surface area contributed by atoms with Crippen LogP contribution in [0.1, 0.15) is 22.5 Å². The fraction of sp³-hybridized carbons (Fsp3) is 0.429. The molecule has 0 bridgehead atoms. The first-order chi connectivity index (χ1) is 9.11. The van der Waals surface area contributed by atoms with Gasteiger partial charge >= 0.3 is 0 Å². The summed E-state index contributed by atoms with van der Waals surface area (Å²) in [6.07, 6.45) is 1.90. The normalized spacial score (nSPS) is 10.7. The SMILES string of the molecule is COc1c(CNCc2ccc(C)nc2)c(C)nn1C. The minimum atomic E-state index is 0.733. The Morgan fingerprint density at radius 2 is 2.05 bits per heavy atom. The number of aryl methyl sites for hydroxylation is 3. The number of aromatic nitrogens is 3. The van der Waals surface area contributed by atoms with Crippen LogP contribution in [0.2, 0.25) is 0 Å². The second-order valence-corrected chi connectivity index (χ2v) is 4.61. The predicted octanol–water partition coefficient (Wildman–Crippen LogP) is 1.73. The molecule has 2 heterocycles. The molecule has 0 unspecified atom stereocenters. The largest absolute Gasteiger partial charge is 0.481 e. The molecule has 0 aliphatic rings. The molecule has 0 atom stereocenters. The average Bonchev–Trinajstić information content (AvgIpc) is 2.66. The highest BCUT2D eigenvalue weighted by molar-refractivity contribution is 5.30. The number of nitrogens with zero attached hydrogens (tertiary/aromatic N) is 3. The first-order valence-corrected chi connectivity index (χ1v) is 6.30. The van der Waals surface area contributed by atoms with Gasteiger partial charge in [-0.3, -0.25) is 4.98 Å². The first-order valence-electron chi connectivity index (χ1n) is 6.30. The topological polar surface area (TPSA) is 52.0 Å². The van der Waals surface area contributed by atoms with E-state index in [2.05, 4.69) is 21.5 Å². The lowest BCUT2D eigenvalue weighted by atomic mass is 10.2. The molecule has 0 amide bonds. The van der Waals surface area contributed by atoms with Crippen LogP contribution >= 0.6 is 0 Å². The van der Waals surface area contributed by atoms with Gasteiger partial charge < -0.3 is 10.1 Å². The fourth-order valence-electron chi connectivity index (χ4n) is 2.07. The van der Waals surface area contributed by atoms with Crippen molar-refractivity contribution in [3.05, 3.63) is 40.8 Å². The van der Waals surface area contributed by atoms with Crippen molar-refractivity contribution in [3.8, 4) is 5.88 Å². The number of nitrogens with one attached hydrogen (secondary N) is 1.